The summed E-state index contributed by atoms with van der Waals surface area (Å²) in [4.78, 5) is 0. The quantitative estimate of drug-likeness (QED) is 0.170. The molecule has 13 rings (SSSR count). The van der Waals surface area contributed by atoms with Crippen LogP contribution in [0.4, 0.5) is 0 Å². The molecule has 268 valence electrons. The summed E-state index contributed by atoms with van der Waals surface area (Å²) in [7, 11) is 0. The summed E-state index contributed by atoms with van der Waals surface area (Å²) in [5.41, 5.74) is 17.4. The Morgan fingerprint density at radius 1 is 0.241 bits per heavy atom. The zero-order chi connectivity index (χ0) is 37.9. The number of para-hydroxylation sites is 3. The van der Waals surface area contributed by atoms with Crippen molar-refractivity contribution in [3.63, 3.8) is 0 Å². The maximum atomic E-state index is 2.43. The van der Waals surface area contributed by atoms with Crippen LogP contribution in [-0.4, -0.2) is 9.13 Å². The van der Waals surface area contributed by atoms with Gasteiger partial charge in [-0.2, -0.15) is 0 Å². The molecule has 0 unspecified atom stereocenters. The minimum atomic E-state index is 1.16. The van der Waals surface area contributed by atoms with Gasteiger partial charge in [0.05, 0.1) is 22.1 Å². The van der Waals surface area contributed by atoms with Gasteiger partial charge in [-0.1, -0.05) is 127 Å². The summed E-state index contributed by atoms with van der Waals surface area (Å²) in [5.74, 6) is 0. The van der Waals surface area contributed by atoms with Crippen LogP contribution in [0.1, 0.15) is 0 Å². The Morgan fingerprint density at radius 2 is 0.759 bits per heavy atom. The third-order valence-corrected chi connectivity index (χ3v) is 12.6. The lowest BCUT2D eigenvalue weighted by Crippen LogP contribution is -1.94. The van der Waals surface area contributed by atoms with Crippen LogP contribution in [0.25, 0.3) is 121 Å². The molecule has 0 radical (unpaired) electrons. The Hall–Kier alpha value is -7.68. The normalized spacial score (nSPS) is 12.1. The number of rotatable bonds is 4. The summed E-state index contributed by atoms with van der Waals surface area (Å²) in [5, 5.41) is 10.2. The first-order chi connectivity index (χ1) is 28.7. The summed E-state index contributed by atoms with van der Waals surface area (Å²) >= 11 is 0. The monoisotopic (exact) mass is 734 g/mol. The maximum Gasteiger partial charge on any atom is 0.0541 e. The first-order valence-corrected chi connectivity index (χ1v) is 20.1. The fourth-order valence-electron chi connectivity index (χ4n) is 9.97. The van der Waals surface area contributed by atoms with Gasteiger partial charge in [0.2, 0.25) is 0 Å². The molecule has 0 aliphatic heterocycles. The molecule has 2 aromatic heterocycles. The van der Waals surface area contributed by atoms with Gasteiger partial charge in [-0.25, -0.2) is 0 Å². The number of hydrogen-bond donors (Lipinski definition) is 0. The third kappa shape index (κ3) is 4.48. The molecule has 12 aromatic rings. The fourth-order valence-corrected chi connectivity index (χ4v) is 9.97. The van der Waals surface area contributed by atoms with E-state index in [4.69, 9.17) is 0 Å². The number of fused-ring (bicyclic) bond motifs is 10. The molecule has 2 nitrogen and oxygen atoms in total. The van der Waals surface area contributed by atoms with Crippen LogP contribution in [0.3, 0.4) is 0 Å². The van der Waals surface area contributed by atoms with E-state index in [0.717, 1.165) is 5.69 Å². The van der Waals surface area contributed by atoms with E-state index in [1.165, 1.54) is 115 Å². The Morgan fingerprint density at radius 3 is 1.48 bits per heavy atom. The zero-order valence-electron chi connectivity index (χ0n) is 31.5. The van der Waals surface area contributed by atoms with Gasteiger partial charge in [0.25, 0.3) is 0 Å². The van der Waals surface area contributed by atoms with Gasteiger partial charge in [0.1, 0.15) is 0 Å². The van der Waals surface area contributed by atoms with Crippen molar-refractivity contribution in [3.8, 4) is 55.9 Å². The summed E-state index contributed by atoms with van der Waals surface area (Å²) in [6.07, 6.45) is 0. The van der Waals surface area contributed by atoms with Gasteiger partial charge < -0.3 is 9.13 Å². The van der Waals surface area contributed by atoms with E-state index in [1.54, 1.807) is 0 Å². The number of benzene rings is 10. The summed E-state index contributed by atoms with van der Waals surface area (Å²) < 4.78 is 4.81. The highest BCUT2D eigenvalue weighted by molar-refractivity contribution is 6.17. The molecule has 10 aromatic carbocycles. The second kappa shape index (κ2) is 11.9. The summed E-state index contributed by atoms with van der Waals surface area (Å²) in [6, 6.07) is 76.3. The molecule has 2 heteroatoms. The van der Waals surface area contributed by atoms with E-state index in [0.29, 0.717) is 0 Å². The minimum absolute atomic E-state index is 1.16. The predicted molar refractivity (Wildman–Crippen MR) is 245 cm³/mol. The van der Waals surface area contributed by atoms with Gasteiger partial charge >= 0.3 is 0 Å². The molecule has 0 N–H and O–H groups in total. The van der Waals surface area contributed by atoms with Crippen molar-refractivity contribution in [2.75, 3.05) is 0 Å². The van der Waals surface area contributed by atoms with E-state index in [9.17, 15) is 0 Å². The van der Waals surface area contributed by atoms with Crippen molar-refractivity contribution >= 4 is 65.2 Å². The van der Waals surface area contributed by atoms with Gasteiger partial charge in [-0.05, 0) is 145 Å². The highest BCUT2D eigenvalue weighted by Gasteiger charge is 2.22. The fraction of sp³-hybridized carbons (Fsp3) is 0. The van der Waals surface area contributed by atoms with E-state index in [1.807, 2.05) is 0 Å². The highest BCUT2D eigenvalue weighted by Crippen LogP contribution is 2.49. The van der Waals surface area contributed by atoms with E-state index < -0.39 is 0 Å². The van der Waals surface area contributed by atoms with Crippen molar-refractivity contribution in [2.24, 2.45) is 0 Å². The van der Waals surface area contributed by atoms with Gasteiger partial charge in [-0.15, -0.1) is 0 Å². The lowest BCUT2D eigenvalue weighted by Gasteiger charge is -2.12. The maximum absolute atomic E-state index is 2.43. The van der Waals surface area contributed by atoms with Crippen LogP contribution >= 0.6 is 0 Å². The SMILES string of the molecule is c1ccc(-n2c3ccccc3c3cc(-c4ccc5c(c4)c4ccccc4n5-c4ccc5cc(-c6cc7c8c(cccc8c6)-c6ccccc6-7)ccc5c4)ccc32)cc1. The Balaban J connectivity index is 0.912. The zero-order valence-corrected chi connectivity index (χ0v) is 31.5. The van der Waals surface area contributed by atoms with Crippen LogP contribution in [0.5, 0.6) is 0 Å². The molecule has 2 heterocycles. The Bertz CT molecular complexity index is 3670. The van der Waals surface area contributed by atoms with Crippen molar-refractivity contribution < 1.29 is 0 Å². The van der Waals surface area contributed by atoms with Crippen LogP contribution in [0.2, 0.25) is 0 Å². The Kier molecular flexibility index (Phi) is 6.47. The van der Waals surface area contributed by atoms with E-state index >= 15 is 0 Å². The number of nitrogens with zero attached hydrogens (tertiary/aromatic N) is 2. The van der Waals surface area contributed by atoms with E-state index in [-0.39, 0.29) is 0 Å². The average Bonchev–Trinajstić information content (AvgIpc) is 3.92. The topological polar surface area (TPSA) is 9.86 Å². The van der Waals surface area contributed by atoms with Crippen molar-refractivity contribution in [1.29, 1.82) is 0 Å². The smallest absolute Gasteiger partial charge is 0.0541 e. The average molecular weight is 735 g/mol. The van der Waals surface area contributed by atoms with Crippen molar-refractivity contribution in [3.05, 3.63) is 206 Å². The first kappa shape index (κ1) is 31.5. The molecule has 0 spiro atoms. The lowest BCUT2D eigenvalue weighted by atomic mass is 9.95. The standard InChI is InChI=1S/C56H34N2/c1-2-12-42(13-3-1)57-52-19-8-6-16-46(52)49-32-38(24-27-54(49)57)39-25-28-55-50(33-39)47-17-7-9-20-53(47)58(55)43-26-23-35-29-36(21-22-37(35)31-43)41-30-40-11-10-18-48-44-14-4-5-15-45(44)51(34-41)56(40)48/h1-34H. The molecule has 0 fully saturated rings. The van der Waals surface area contributed by atoms with Gasteiger partial charge in [0.15, 0.2) is 0 Å². The highest BCUT2D eigenvalue weighted by atomic mass is 15.0. The van der Waals surface area contributed by atoms with Crippen LogP contribution in [0, 0.1) is 0 Å². The summed E-state index contributed by atoms with van der Waals surface area (Å²) in [6.45, 7) is 0. The van der Waals surface area contributed by atoms with E-state index in [2.05, 4.69) is 215 Å². The number of aromatic nitrogens is 2. The van der Waals surface area contributed by atoms with Gasteiger partial charge in [0, 0.05) is 32.9 Å². The molecule has 1 aliphatic rings. The van der Waals surface area contributed by atoms with Crippen molar-refractivity contribution in [1.82, 2.24) is 9.13 Å². The second-order valence-electron chi connectivity index (χ2n) is 15.7. The number of hydrogen-bond acceptors (Lipinski definition) is 0. The molecule has 0 atom stereocenters. The lowest BCUT2D eigenvalue weighted by molar-refractivity contribution is 1.18. The molecular weight excluding hydrogens is 701 g/mol. The van der Waals surface area contributed by atoms with Gasteiger partial charge in [-0.3, -0.25) is 0 Å². The van der Waals surface area contributed by atoms with Crippen LogP contribution in [-0.2, 0) is 0 Å². The van der Waals surface area contributed by atoms with Crippen molar-refractivity contribution in [2.45, 2.75) is 0 Å². The molecular formula is C56H34N2. The molecule has 0 amide bonds. The van der Waals surface area contributed by atoms with Crippen LogP contribution < -0.4 is 0 Å². The molecule has 0 bridgehead atoms. The molecule has 58 heavy (non-hydrogen) atoms. The minimum Gasteiger partial charge on any atom is -0.309 e. The Labute approximate surface area is 335 Å². The molecule has 0 saturated heterocycles. The third-order valence-electron chi connectivity index (χ3n) is 12.6. The first-order valence-electron chi connectivity index (χ1n) is 20.1. The molecule has 0 saturated carbocycles. The second-order valence-corrected chi connectivity index (χ2v) is 15.7. The predicted octanol–water partition coefficient (Wildman–Crippen LogP) is 15.2. The molecule has 1 aliphatic carbocycles. The largest absolute Gasteiger partial charge is 0.309 e. The van der Waals surface area contributed by atoms with Crippen LogP contribution in [0.15, 0.2) is 206 Å².